The van der Waals surface area contributed by atoms with E-state index in [9.17, 15) is 0 Å². The highest BCUT2D eigenvalue weighted by Gasteiger charge is 2.06. The number of ether oxygens (including phenoxy) is 2. The molecule has 0 saturated heterocycles. The van der Waals surface area contributed by atoms with Gasteiger partial charge in [0.2, 0.25) is 5.88 Å². The van der Waals surface area contributed by atoms with Crippen molar-refractivity contribution in [1.82, 2.24) is 9.78 Å². The molecule has 0 aliphatic carbocycles. The van der Waals surface area contributed by atoms with Gasteiger partial charge in [0.15, 0.2) is 0 Å². The van der Waals surface area contributed by atoms with E-state index in [1.807, 2.05) is 0 Å². The number of rotatable bonds is 5. The Hall–Kier alpha value is -1.07. The second-order valence-electron chi connectivity index (χ2n) is 2.63. The molecular formula is C8H14N2O3. The number of aliphatic hydroxyl groups is 1. The third-order valence-corrected chi connectivity index (χ3v) is 1.56. The SMILES string of the molecule is COCCOc1nn(C)cc1CO. The fourth-order valence-electron chi connectivity index (χ4n) is 0.969. The molecule has 74 valence electrons. The van der Waals surface area contributed by atoms with E-state index < -0.39 is 0 Å². The highest BCUT2D eigenvalue weighted by atomic mass is 16.5. The van der Waals surface area contributed by atoms with Crippen LogP contribution in [0.15, 0.2) is 6.20 Å². The molecule has 0 saturated carbocycles. The van der Waals surface area contributed by atoms with Gasteiger partial charge in [-0.1, -0.05) is 0 Å². The summed E-state index contributed by atoms with van der Waals surface area (Å²) in [6.45, 7) is 0.901. The van der Waals surface area contributed by atoms with E-state index in [1.54, 1.807) is 25.0 Å². The van der Waals surface area contributed by atoms with Gasteiger partial charge in [-0.15, -0.1) is 5.10 Å². The van der Waals surface area contributed by atoms with Crippen molar-refractivity contribution in [2.24, 2.45) is 7.05 Å². The lowest BCUT2D eigenvalue weighted by molar-refractivity contribution is 0.141. The molecule has 1 heterocycles. The topological polar surface area (TPSA) is 56.5 Å². The van der Waals surface area contributed by atoms with Gasteiger partial charge < -0.3 is 14.6 Å². The zero-order chi connectivity index (χ0) is 9.68. The summed E-state index contributed by atoms with van der Waals surface area (Å²) < 4.78 is 11.7. The molecule has 0 amide bonds. The minimum atomic E-state index is -0.0594. The molecule has 0 aliphatic rings. The molecule has 0 spiro atoms. The predicted octanol–water partition coefficient (Wildman–Crippen LogP) is -0.0624. The van der Waals surface area contributed by atoms with Crippen LogP contribution in [0, 0.1) is 0 Å². The maximum atomic E-state index is 8.92. The van der Waals surface area contributed by atoms with Crippen molar-refractivity contribution in [3.63, 3.8) is 0 Å². The van der Waals surface area contributed by atoms with Crippen LogP contribution < -0.4 is 4.74 Å². The Kier molecular flexibility index (Phi) is 3.72. The van der Waals surface area contributed by atoms with Gasteiger partial charge in [-0.25, -0.2) is 0 Å². The Morgan fingerprint density at radius 1 is 1.54 bits per heavy atom. The minimum absolute atomic E-state index is 0.0594. The van der Waals surface area contributed by atoms with Crippen LogP contribution in [0.5, 0.6) is 5.88 Å². The largest absolute Gasteiger partial charge is 0.474 e. The molecule has 0 aromatic carbocycles. The fourth-order valence-corrected chi connectivity index (χ4v) is 0.969. The summed E-state index contributed by atoms with van der Waals surface area (Å²) >= 11 is 0. The fraction of sp³-hybridized carbons (Fsp3) is 0.625. The molecule has 0 atom stereocenters. The Morgan fingerprint density at radius 3 is 2.92 bits per heavy atom. The second kappa shape index (κ2) is 4.84. The smallest absolute Gasteiger partial charge is 0.238 e. The lowest BCUT2D eigenvalue weighted by Gasteiger charge is -2.02. The zero-order valence-corrected chi connectivity index (χ0v) is 7.86. The Labute approximate surface area is 76.9 Å². The molecule has 1 N–H and O–H groups in total. The standard InChI is InChI=1S/C8H14N2O3/c1-10-5-7(6-11)8(9-10)13-4-3-12-2/h5,11H,3-4,6H2,1-2H3. The number of aromatic nitrogens is 2. The first-order chi connectivity index (χ1) is 6.27. The summed E-state index contributed by atoms with van der Waals surface area (Å²) in [5.74, 6) is 0.474. The van der Waals surface area contributed by atoms with Gasteiger partial charge >= 0.3 is 0 Å². The van der Waals surface area contributed by atoms with Crippen molar-refractivity contribution in [1.29, 1.82) is 0 Å². The Morgan fingerprint density at radius 2 is 2.31 bits per heavy atom. The van der Waals surface area contributed by atoms with Gasteiger partial charge in [0.1, 0.15) is 6.61 Å². The van der Waals surface area contributed by atoms with Crippen molar-refractivity contribution < 1.29 is 14.6 Å². The number of methoxy groups -OCH3 is 1. The number of hydrogen-bond donors (Lipinski definition) is 1. The Balaban J connectivity index is 2.53. The summed E-state index contributed by atoms with van der Waals surface area (Å²) in [5, 5.41) is 13.0. The number of aryl methyl sites for hydroxylation is 1. The van der Waals surface area contributed by atoms with Crippen molar-refractivity contribution in [3.05, 3.63) is 11.8 Å². The lowest BCUT2D eigenvalue weighted by Crippen LogP contribution is -2.06. The number of nitrogens with zero attached hydrogens (tertiary/aromatic N) is 2. The van der Waals surface area contributed by atoms with Crippen LogP contribution in [-0.4, -0.2) is 35.2 Å². The summed E-state index contributed by atoms with van der Waals surface area (Å²) in [6.07, 6.45) is 1.72. The molecule has 13 heavy (non-hydrogen) atoms. The molecule has 1 rings (SSSR count). The third-order valence-electron chi connectivity index (χ3n) is 1.56. The van der Waals surface area contributed by atoms with Gasteiger partial charge in [0.25, 0.3) is 0 Å². The lowest BCUT2D eigenvalue weighted by atomic mass is 10.4. The van der Waals surface area contributed by atoms with Crippen LogP contribution >= 0.6 is 0 Å². The van der Waals surface area contributed by atoms with E-state index in [0.29, 0.717) is 24.7 Å². The van der Waals surface area contributed by atoms with E-state index in [-0.39, 0.29) is 6.61 Å². The van der Waals surface area contributed by atoms with E-state index in [0.717, 1.165) is 0 Å². The summed E-state index contributed by atoms with van der Waals surface area (Å²) in [5.41, 5.74) is 0.693. The normalized spacial score (nSPS) is 10.4. The maximum absolute atomic E-state index is 8.92. The van der Waals surface area contributed by atoms with Crippen molar-refractivity contribution in [3.8, 4) is 5.88 Å². The highest BCUT2D eigenvalue weighted by molar-refractivity contribution is 5.21. The Bertz CT molecular complexity index is 260. The van der Waals surface area contributed by atoms with E-state index in [4.69, 9.17) is 14.6 Å². The molecule has 1 aromatic heterocycles. The van der Waals surface area contributed by atoms with Crippen LogP contribution in [0.4, 0.5) is 0 Å². The summed E-state index contributed by atoms with van der Waals surface area (Å²) in [4.78, 5) is 0. The van der Waals surface area contributed by atoms with Crippen LogP contribution in [0.25, 0.3) is 0 Å². The van der Waals surface area contributed by atoms with Crippen LogP contribution in [0.1, 0.15) is 5.56 Å². The molecule has 0 fully saturated rings. The zero-order valence-electron chi connectivity index (χ0n) is 7.86. The molecule has 5 nitrogen and oxygen atoms in total. The monoisotopic (exact) mass is 186 g/mol. The van der Waals surface area contributed by atoms with E-state index in [1.165, 1.54) is 0 Å². The average molecular weight is 186 g/mol. The van der Waals surface area contributed by atoms with Gasteiger partial charge in [-0.2, -0.15) is 0 Å². The quantitative estimate of drug-likeness (QED) is 0.654. The molecular weight excluding hydrogens is 172 g/mol. The second-order valence-corrected chi connectivity index (χ2v) is 2.63. The third kappa shape index (κ3) is 2.71. The molecule has 0 radical (unpaired) electrons. The summed E-state index contributed by atoms with van der Waals surface area (Å²) in [7, 11) is 3.39. The van der Waals surface area contributed by atoms with E-state index >= 15 is 0 Å². The first kappa shape index (κ1) is 10.0. The van der Waals surface area contributed by atoms with Crippen LogP contribution in [-0.2, 0) is 18.4 Å². The van der Waals surface area contributed by atoms with Gasteiger partial charge in [-0.3, -0.25) is 4.68 Å². The van der Waals surface area contributed by atoms with Crippen molar-refractivity contribution >= 4 is 0 Å². The maximum Gasteiger partial charge on any atom is 0.238 e. The number of aliphatic hydroxyl groups excluding tert-OH is 1. The molecule has 1 aromatic rings. The first-order valence-electron chi connectivity index (χ1n) is 4.03. The van der Waals surface area contributed by atoms with Gasteiger partial charge in [0, 0.05) is 20.4 Å². The van der Waals surface area contributed by atoms with Gasteiger partial charge in [0.05, 0.1) is 18.8 Å². The molecule has 0 aliphatic heterocycles. The molecule has 0 unspecified atom stereocenters. The number of hydrogen-bond acceptors (Lipinski definition) is 4. The van der Waals surface area contributed by atoms with Crippen LogP contribution in [0.2, 0.25) is 0 Å². The van der Waals surface area contributed by atoms with Crippen LogP contribution in [0.3, 0.4) is 0 Å². The summed E-state index contributed by atoms with van der Waals surface area (Å²) in [6, 6.07) is 0. The minimum Gasteiger partial charge on any atom is -0.474 e. The predicted molar refractivity (Wildman–Crippen MR) is 46.5 cm³/mol. The first-order valence-corrected chi connectivity index (χ1v) is 4.03. The molecule has 5 heteroatoms. The highest BCUT2D eigenvalue weighted by Crippen LogP contribution is 2.14. The van der Waals surface area contributed by atoms with Crippen molar-refractivity contribution in [2.45, 2.75) is 6.61 Å². The van der Waals surface area contributed by atoms with E-state index in [2.05, 4.69) is 5.10 Å². The van der Waals surface area contributed by atoms with Gasteiger partial charge in [-0.05, 0) is 0 Å². The van der Waals surface area contributed by atoms with Crippen molar-refractivity contribution in [2.75, 3.05) is 20.3 Å². The molecule has 0 bridgehead atoms. The average Bonchev–Trinajstić information content (AvgIpc) is 2.47.